The average molecular weight is 293 g/mol. The van der Waals surface area contributed by atoms with Crippen LogP contribution in [0.3, 0.4) is 0 Å². The van der Waals surface area contributed by atoms with E-state index in [2.05, 4.69) is 42.2 Å². The highest BCUT2D eigenvalue weighted by molar-refractivity contribution is 7.99. The molecule has 0 amide bonds. The molecule has 1 fully saturated rings. The van der Waals surface area contributed by atoms with Gasteiger partial charge in [-0.1, -0.05) is 19.1 Å². The van der Waals surface area contributed by atoms with Crippen molar-refractivity contribution in [2.75, 3.05) is 25.2 Å². The van der Waals surface area contributed by atoms with E-state index in [1.54, 1.807) is 7.11 Å². The number of hydrogen-bond acceptors (Lipinski definition) is 3. The first-order chi connectivity index (χ1) is 9.83. The van der Waals surface area contributed by atoms with Crippen LogP contribution in [0.1, 0.15) is 44.2 Å². The normalized spacial score (nSPS) is 17.9. The summed E-state index contributed by atoms with van der Waals surface area (Å²) in [7, 11) is 1.74. The first kappa shape index (κ1) is 15.7. The Balaban J connectivity index is 2.04. The maximum atomic E-state index is 5.37. The molecule has 0 bridgehead atoms. The maximum Gasteiger partial charge on any atom is 0.119 e. The molecule has 0 spiro atoms. The average Bonchev–Trinajstić information content (AvgIpc) is 2.52. The van der Waals surface area contributed by atoms with Crippen molar-refractivity contribution in [3.8, 4) is 5.75 Å². The van der Waals surface area contributed by atoms with Crippen LogP contribution in [-0.2, 0) is 0 Å². The fraction of sp³-hybridized carbons (Fsp3) is 0.647. The van der Waals surface area contributed by atoms with Gasteiger partial charge in [-0.15, -0.1) is 0 Å². The van der Waals surface area contributed by atoms with Gasteiger partial charge in [0.05, 0.1) is 7.11 Å². The molecule has 3 heteroatoms. The first-order valence-corrected chi connectivity index (χ1v) is 8.94. The Morgan fingerprint density at radius 3 is 2.85 bits per heavy atom. The maximum absolute atomic E-state index is 5.37. The smallest absolute Gasteiger partial charge is 0.119 e. The Kier molecular flexibility index (Phi) is 6.74. The van der Waals surface area contributed by atoms with E-state index < -0.39 is 0 Å². The fourth-order valence-corrected chi connectivity index (χ4v) is 4.03. The quantitative estimate of drug-likeness (QED) is 0.811. The highest BCUT2D eigenvalue weighted by atomic mass is 32.2. The Morgan fingerprint density at radius 2 is 2.15 bits per heavy atom. The lowest BCUT2D eigenvalue weighted by molar-refractivity contribution is 0.368. The van der Waals surface area contributed by atoms with Crippen molar-refractivity contribution in [3.63, 3.8) is 0 Å². The molecule has 0 radical (unpaired) electrons. The van der Waals surface area contributed by atoms with Crippen LogP contribution in [-0.4, -0.2) is 25.2 Å². The monoisotopic (exact) mass is 293 g/mol. The van der Waals surface area contributed by atoms with Gasteiger partial charge >= 0.3 is 0 Å². The lowest BCUT2D eigenvalue weighted by atomic mass is 9.90. The molecular formula is C17H27NOS. The van der Waals surface area contributed by atoms with Crippen LogP contribution < -0.4 is 10.1 Å². The summed E-state index contributed by atoms with van der Waals surface area (Å²) in [5.74, 6) is 4.51. The number of benzene rings is 1. The SMILES string of the molecule is CCCNC(CC1CCSCC1)c1cccc(OC)c1. The van der Waals surface area contributed by atoms with E-state index in [0.717, 1.165) is 18.2 Å². The molecule has 2 rings (SSSR count). The summed E-state index contributed by atoms with van der Waals surface area (Å²) in [6.07, 6.45) is 5.19. The third-order valence-electron chi connectivity index (χ3n) is 4.05. The van der Waals surface area contributed by atoms with Crippen molar-refractivity contribution in [1.29, 1.82) is 0 Å². The summed E-state index contributed by atoms with van der Waals surface area (Å²) >= 11 is 2.11. The molecule has 1 heterocycles. The third-order valence-corrected chi connectivity index (χ3v) is 5.10. The van der Waals surface area contributed by atoms with E-state index in [4.69, 9.17) is 4.74 Å². The Morgan fingerprint density at radius 1 is 1.35 bits per heavy atom. The van der Waals surface area contributed by atoms with E-state index in [1.165, 1.54) is 42.8 Å². The molecule has 1 aromatic rings. The van der Waals surface area contributed by atoms with Crippen molar-refractivity contribution in [1.82, 2.24) is 5.32 Å². The van der Waals surface area contributed by atoms with Gasteiger partial charge in [0.1, 0.15) is 5.75 Å². The minimum atomic E-state index is 0.471. The highest BCUT2D eigenvalue weighted by Gasteiger charge is 2.20. The molecule has 0 aliphatic carbocycles. The number of methoxy groups -OCH3 is 1. The Labute approximate surface area is 127 Å². The number of hydrogen-bond donors (Lipinski definition) is 1. The molecule has 1 aromatic carbocycles. The second-order valence-electron chi connectivity index (χ2n) is 5.57. The molecule has 1 aliphatic heterocycles. The molecule has 1 saturated heterocycles. The zero-order valence-corrected chi connectivity index (χ0v) is 13.5. The molecule has 2 nitrogen and oxygen atoms in total. The second-order valence-corrected chi connectivity index (χ2v) is 6.80. The largest absolute Gasteiger partial charge is 0.497 e. The lowest BCUT2D eigenvalue weighted by Crippen LogP contribution is -2.26. The summed E-state index contributed by atoms with van der Waals surface area (Å²) in [5.41, 5.74) is 1.37. The number of ether oxygens (including phenoxy) is 1. The van der Waals surface area contributed by atoms with Crippen LogP contribution in [0.4, 0.5) is 0 Å². The van der Waals surface area contributed by atoms with Gasteiger partial charge in [0.15, 0.2) is 0 Å². The molecule has 1 unspecified atom stereocenters. The molecule has 20 heavy (non-hydrogen) atoms. The minimum Gasteiger partial charge on any atom is -0.497 e. The van der Waals surface area contributed by atoms with Gasteiger partial charge in [0, 0.05) is 6.04 Å². The number of nitrogens with one attached hydrogen (secondary N) is 1. The second kappa shape index (κ2) is 8.58. The molecule has 1 atom stereocenters. The lowest BCUT2D eigenvalue weighted by Gasteiger charge is -2.27. The van der Waals surface area contributed by atoms with E-state index >= 15 is 0 Å². The first-order valence-electron chi connectivity index (χ1n) is 7.78. The van der Waals surface area contributed by atoms with Gasteiger partial charge < -0.3 is 10.1 Å². The highest BCUT2D eigenvalue weighted by Crippen LogP contribution is 2.32. The van der Waals surface area contributed by atoms with Crippen molar-refractivity contribution < 1.29 is 4.74 Å². The van der Waals surface area contributed by atoms with Crippen molar-refractivity contribution in [2.24, 2.45) is 5.92 Å². The topological polar surface area (TPSA) is 21.3 Å². The Bertz CT molecular complexity index is 390. The van der Waals surface area contributed by atoms with Crippen LogP contribution in [0.25, 0.3) is 0 Å². The van der Waals surface area contributed by atoms with Crippen molar-refractivity contribution in [3.05, 3.63) is 29.8 Å². The summed E-state index contributed by atoms with van der Waals surface area (Å²) in [6.45, 7) is 3.32. The van der Waals surface area contributed by atoms with Gasteiger partial charge in [0.25, 0.3) is 0 Å². The molecule has 1 N–H and O–H groups in total. The summed E-state index contributed by atoms with van der Waals surface area (Å²) in [4.78, 5) is 0. The zero-order chi connectivity index (χ0) is 14.2. The van der Waals surface area contributed by atoms with Gasteiger partial charge in [-0.2, -0.15) is 11.8 Å². The molecule has 0 aromatic heterocycles. The molecule has 1 aliphatic rings. The van der Waals surface area contributed by atoms with E-state index in [-0.39, 0.29) is 0 Å². The number of rotatable bonds is 7. The van der Waals surface area contributed by atoms with Crippen LogP contribution in [0, 0.1) is 5.92 Å². The van der Waals surface area contributed by atoms with Crippen LogP contribution in [0.2, 0.25) is 0 Å². The van der Waals surface area contributed by atoms with E-state index in [0.29, 0.717) is 6.04 Å². The van der Waals surface area contributed by atoms with Gasteiger partial charge in [-0.05, 0) is 67.3 Å². The van der Waals surface area contributed by atoms with Gasteiger partial charge in [0.2, 0.25) is 0 Å². The zero-order valence-electron chi connectivity index (χ0n) is 12.7. The molecule has 112 valence electrons. The van der Waals surface area contributed by atoms with Gasteiger partial charge in [-0.25, -0.2) is 0 Å². The summed E-state index contributed by atoms with van der Waals surface area (Å²) in [5, 5.41) is 3.72. The van der Waals surface area contributed by atoms with Crippen LogP contribution in [0.15, 0.2) is 24.3 Å². The van der Waals surface area contributed by atoms with Crippen LogP contribution in [0.5, 0.6) is 5.75 Å². The van der Waals surface area contributed by atoms with Crippen molar-refractivity contribution in [2.45, 2.75) is 38.6 Å². The minimum absolute atomic E-state index is 0.471. The summed E-state index contributed by atoms with van der Waals surface area (Å²) in [6, 6.07) is 9.01. The van der Waals surface area contributed by atoms with Gasteiger partial charge in [-0.3, -0.25) is 0 Å². The molecule has 0 saturated carbocycles. The van der Waals surface area contributed by atoms with E-state index in [1.807, 2.05) is 6.07 Å². The predicted molar refractivity (Wildman–Crippen MR) is 88.7 cm³/mol. The number of thioether (sulfide) groups is 1. The third kappa shape index (κ3) is 4.71. The Hall–Kier alpha value is -0.670. The standard InChI is InChI=1S/C17H27NOS/c1-3-9-18-17(12-14-7-10-20-11-8-14)15-5-4-6-16(13-15)19-2/h4-6,13-14,17-18H,3,7-12H2,1-2H3. The predicted octanol–water partition coefficient (Wildman–Crippen LogP) is 4.27. The fourth-order valence-electron chi connectivity index (χ4n) is 2.83. The summed E-state index contributed by atoms with van der Waals surface area (Å²) < 4.78 is 5.37. The van der Waals surface area contributed by atoms with E-state index in [9.17, 15) is 0 Å². The van der Waals surface area contributed by atoms with Crippen LogP contribution >= 0.6 is 11.8 Å². The van der Waals surface area contributed by atoms with Crippen molar-refractivity contribution >= 4 is 11.8 Å². The molecular weight excluding hydrogens is 266 g/mol.